The van der Waals surface area contributed by atoms with E-state index < -0.39 is 12.0 Å². The van der Waals surface area contributed by atoms with Crippen LogP contribution in [0.15, 0.2) is 12.1 Å². The van der Waals surface area contributed by atoms with Crippen molar-refractivity contribution in [3.63, 3.8) is 0 Å². The molecule has 0 aliphatic carbocycles. The summed E-state index contributed by atoms with van der Waals surface area (Å²) in [7, 11) is 1.50. The zero-order valence-electron chi connectivity index (χ0n) is 15.3. The number of amides is 2. The summed E-state index contributed by atoms with van der Waals surface area (Å²) in [6.45, 7) is 0.971. The number of unbranched alkanes of at least 4 members (excludes halogenated alkanes) is 2. The van der Waals surface area contributed by atoms with Gasteiger partial charge < -0.3 is 24.8 Å². The Morgan fingerprint density at radius 3 is 2.81 bits per heavy atom. The van der Waals surface area contributed by atoms with Crippen LogP contribution in [-0.2, 0) is 9.59 Å². The first-order chi connectivity index (χ1) is 13.0. The zero-order valence-corrected chi connectivity index (χ0v) is 15.3. The molecule has 2 aliphatic heterocycles. The van der Waals surface area contributed by atoms with Crippen molar-refractivity contribution < 1.29 is 29.0 Å². The molecule has 0 aromatic heterocycles. The van der Waals surface area contributed by atoms with Crippen LogP contribution in [0.3, 0.4) is 0 Å². The highest BCUT2D eigenvalue weighted by Crippen LogP contribution is 2.37. The van der Waals surface area contributed by atoms with E-state index in [-0.39, 0.29) is 18.2 Å². The lowest BCUT2D eigenvalue weighted by Gasteiger charge is -2.20. The Balaban J connectivity index is 1.72. The number of anilines is 1. The van der Waals surface area contributed by atoms with Crippen molar-refractivity contribution in [3.8, 4) is 11.5 Å². The van der Waals surface area contributed by atoms with Gasteiger partial charge in [0.15, 0.2) is 11.5 Å². The van der Waals surface area contributed by atoms with Gasteiger partial charge in [-0.2, -0.15) is 0 Å². The first-order valence-corrected chi connectivity index (χ1v) is 9.19. The smallest absolute Gasteiger partial charge is 0.303 e. The van der Waals surface area contributed by atoms with E-state index in [4.69, 9.17) is 14.6 Å². The van der Waals surface area contributed by atoms with Crippen LogP contribution in [0.25, 0.3) is 0 Å². The maximum atomic E-state index is 12.8. The monoisotopic (exact) mass is 376 g/mol. The Labute approximate surface area is 157 Å². The minimum absolute atomic E-state index is 0.147. The molecular weight excluding hydrogens is 352 g/mol. The third kappa shape index (κ3) is 4.15. The molecule has 2 N–H and O–H groups in total. The number of carbonyl (C=O) groups is 3. The molecule has 1 aromatic carbocycles. The highest BCUT2D eigenvalue weighted by Gasteiger charge is 2.38. The van der Waals surface area contributed by atoms with E-state index in [1.165, 1.54) is 7.11 Å². The van der Waals surface area contributed by atoms with Gasteiger partial charge in [-0.15, -0.1) is 0 Å². The Morgan fingerprint density at radius 2 is 2.07 bits per heavy atom. The highest BCUT2D eigenvalue weighted by atomic mass is 16.5. The van der Waals surface area contributed by atoms with E-state index >= 15 is 0 Å². The topological polar surface area (TPSA) is 105 Å². The number of nitrogens with zero attached hydrogens (tertiary/aromatic N) is 1. The van der Waals surface area contributed by atoms with Crippen LogP contribution in [0, 0.1) is 0 Å². The molecule has 8 nitrogen and oxygen atoms in total. The molecule has 1 fully saturated rings. The summed E-state index contributed by atoms with van der Waals surface area (Å²) in [4.78, 5) is 37.4. The predicted molar refractivity (Wildman–Crippen MR) is 97.3 cm³/mol. The van der Waals surface area contributed by atoms with Crippen molar-refractivity contribution in [2.75, 3.05) is 25.6 Å². The first kappa shape index (κ1) is 19.0. The molecule has 2 aliphatic rings. The summed E-state index contributed by atoms with van der Waals surface area (Å²) in [5.74, 6) is -0.276. The third-order valence-corrected chi connectivity index (χ3v) is 4.90. The quantitative estimate of drug-likeness (QED) is 0.675. The summed E-state index contributed by atoms with van der Waals surface area (Å²) < 4.78 is 11.1. The van der Waals surface area contributed by atoms with Crippen LogP contribution < -0.4 is 14.8 Å². The summed E-state index contributed by atoms with van der Waals surface area (Å²) in [6.07, 6.45) is 3.68. The van der Waals surface area contributed by atoms with Crippen LogP contribution in [0.2, 0.25) is 0 Å². The fourth-order valence-corrected chi connectivity index (χ4v) is 3.50. The molecule has 146 valence electrons. The lowest BCUT2D eigenvalue weighted by Crippen LogP contribution is -2.40. The number of hydrogen-bond acceptors (Lipinski definition) is 5. The largest absolute Gasteiger partial charge is 0.493 e. The van der Waals surface area contributed by atoms with Crippen LogP contribution >= 0.6 is 0 Å². The molecule has 0 bridgehead atoms. The molecule has 1 saturated heterocycles. The van der Waals surface area contributed by atoms with Crippen molar-refractivity contribution in [3.05, 3.63) is 17.7 Å². The van der Waals surface area contributed by atoms with Crippen molar-refractivity contribution in [1.29, 1.82) is 0 Å². The standard InChI is InChI=1S/C19H24N2O6/c1-26-15-10-12-13(11-16(15)27-9-4-2-3-7-17(22)23)20-18(24)14-6-5-8-21(14)19(12)25/h10-11,14H,2-9H2,1H3,(H,20,24)(H,22,23)/t14-/m0/s1. The molecule has 8 heteroatoms. The number of ether oxygens (including phenoxy) is 2. The van der Waals surface area contributed by atoms with Gasteiger partial charge in [0.1, 0.15) is 6.04 Å². The second-order valence-electron chi connectivity index (χ2n) is 6.75. The minimum Gasteiger partial charge on any atom is -0.493 e. The molecule has 0 radical (unpaired) electrons. The van der Waals surface area contributed by atoms with Gasteiger partial charge in [0.2, 0.25) is 5.91 Å². The molecule has 1 aromatic rings. The number of carboxylic acids is 1. The average molecular weight is 376 g/mol. The van der Waals surface area contributed by atoms with Gasteiger partial charge >= 0.3 is 5.97 Å². The average Bonchev–Trinajstić information content (AvgIpc) is 3.10. The third-order valence-electron chi connectivity index (χ3n) is 4.90. The summed E-state index contributed by atoms with van der Waals surface area (Å²) in [5.41, 5.74) is 0.833. The second-order valence-corrected chi connectivity index (χ2v) is 6.75. The normalized spacial score (nSPS) is 18.4. The number of carbonyl (C=O) groups excluding carboxylic acids is 2. The number of benzene rings is 1. The van der Waals surface area contributed by atoms with Crippen molar-refractivity contribution in [1.82, 2.24) is 4.90 Å². The number of hydrogen-bond donors (Lipinski definition) is 2. The van der Waals surface area contributed by atoms with E-state index in [0.29, 0.717) is 55.2 Å². The summed E-state index contributed by atoms with van der Waals surface area (Å²) in [5, 5.41) is 11.5. The lowest BCUT2D eigenvalue weighted by molar-refractivity contribution is -0.137. The molecule has 2 heterocycles. The summed E-state index contributed by atoms with van der Waals surface area (Å²) in [6, 6.07) is 2.82. The number of nitrogens with one attached hydrogen (secondary N) is 1. The number of fused-ring (bicyclic) bond motifs is 2. The van der Waals surface area contributed by atoms with Gasteiger partial charge in [0.05, 0.1) is 25.0 Å². The zero-order chi connectivity index (χ0) is 19.4. The Bertz CT molecular complexity index is 748. The van der Waals surface area contributed by atoms with Gasteiger partial charge in [-0.25, -0.2) is 0 Å². The molecule has 0 unspecified atom stereocenters. The van der Waals surface area contributed by atoms with Crippen LogP contribution in [-0.4, -0.2) is 54.1 Å². The number of aliphatic carboxylic acids is 1. The first-order valence-electron chi connectivity index (χ1n) is 9.19. The van der Waals surface area contributed by atoms with E-state index in [2.05, 4.69) is 5.32 Å². The van der Waals surface area contributed by atoms with Crippen molar-refractivity contribution in [2.24, 2.45) is 0 Å². The molecule has 3 rings (SSSR count). The highest BCUT2D eigenvalue weighted by molar-refractivity contribution is 6.10. The van der Waals surface area contributed by atoms with E-state index in [1.807, 2.05) is 0 Å². The van der Waals surface area contributed by atoms with E-state index in [1.54, 1.807) is 17.0 Å². The van der Waals surface area contributed by atoms with E-state index in [0.717, 1.165) is 12.8 Å². The maximum absolute atomic E-state index is 12.8. The maximum Gasteiger partial charge on any atom is 0.303 e. The molecular formula is C19H24N2O6. The van der Waals surface area contributed by atoms with Gasteiger partial charge in [0.25, 0.3) is 5.91 Å². The fourth-order valence-electron chi connectivity index (χ4n) is 3.50. The predicted octanol–water partition coefficient (Wildman–Crippen LogP) is 2.28. The van der Waals surface area contributed by atoms with Crippen molar-refractivity contribution in [2.45, 2.75) is 44.6 Å². The van der Waals surface area contributed by atoms with Crippen LogP contribution in [0.4, 0.5) is 5.69 Å². The minimum atomic E-state index is -0.802. The van der Waals surface area contributed by atoms with Gasteiger partial charge in [-0.3, -0.25) is 14.4 Å². The SMILES string of the molecule is COc1cc2c(cc1OCCCCCC(=O)O)NC(=O)[C@@H]1CCCN1C2=O. The number of carboxylic acid groups (broad SMARTS) is 1. The fraction of sp³-hybridized carbons (Fsp3) is 0.526. The van der Waals surface area contributed by atoms with Gasteiger partial charge in [-0.1, -0.05) is 0 Å². The molecule has 2 amide bonds. The molecule has 0 spiro atoms. The van der Waals surface area contributed by atoms with Gasteiger partial charge in [0, 0.05) is 19.0 Å². The Hall–Kier alpha value is -2.77. The summed E-state index contributed by atoms with van der Waals surface area (Å²) >= 11 is 0. The number of methoxy groups -OCH3 is 1. The van der Waals surface area contributed by atoms with E-state index in [9.17, 15) is 14.4 Å². The second kappa shape index (κ2) is 8.28. The molecule has 27 heavy (non-hydrogen) atoms. The Morgan fingerprint density at radius 1 is 1.26 bits per heavy atom. The van der Waals surface area contributed by atoms with Crippen LogP contribution in [0.5, 0.6) is 11.5 Å². The van der Waals surface area contributed by atoms with Gasteiger partial charge in [-0.05, 0) is 38.2 Å². The number of rotatable bonds is 8. The van der Waals surface area contributed by atoms with Crippen molar-refractivity contribution >= 4 is 23.5 Å². The lowest BCUT2D eigenvalue weighted by atomic mass is 10.1. The van der Waals surface area contributed by atoms with Crippen LogP contribution in [0.1, 0.15) is 48.9 Å². The molecule has 1 atom stereocenters. The Kier molecular flexibility index (Phi) is 5.83. The molecule has 0 saturated carbocycles.